The Morgan fingerprint density at radius 2 is 2.06 bits per heavy atom. The number of aromatic nitrogens is 2. The molecule has 0 aliphatic rings. The molecular weight excluding hydrogens is 226 g/mol. The molecule has 0 aliphatic heterocycles. The number of alkyl halides is 1. The standard InChI is InChI=1S/C11H12ClN3O/c12-6-3-7-13-10-8-4-1-2-5-9(8)11(16)15-14-10/h1-2,4-5H,3,6-7H2,(H,13,14)(H,15,16). The Morgan fingerprint density at radius 3 is 2.81 bits per heavy atom. The molecular formula is C11H12ClN3O. The minimum atomic E-state index is -0.168. The molecule has 2 aromatic rings. The summed E-state index contributed by atoms with van der Waals surface area (Å²) in [7, 11) is 0. The third kappa shape index (κ3) is 2.17. The average Bonchev–Trinajstić information content (AvgIpc) is 2.33. The topological polar surface area (TPSA) is 57.8 Å². The minimum Gasteiger partial charge on any atom is -0.368 e. The highest BCUT2D eigenvalue weighted by atomic mass is 35.5. The maximum absolute atomic E-state index is 11.5. The zero-order chi connectivity index (χ0) is 11.4. The van der Waals surface area contributed by atoms with E-state index in [-0.39, 0.29) is 5.56 Å². The Balaban J connectivity index is 2.38. The summed E-state index contributed by atoms with van der Waals surface area (Å²) in [5, 5.41) is 11.1. The van der Waals surface area contributed by atoms with E-state index in [9.17, 15) is 4.79 Å². The van der Waals surface area contributed by atoms with Gasteiger partial charge in [0.1, 0.15) is 0 Å². The van der Waals surface area contributed by atoms with Crippen molar-refractivity contribution in [1.29, 1.82) is 0 Å². The number of halogens is 1. The van der Waals surface area contributed by atoms with E-state index in [0.29, 0.717) is 17.1 Å². The molecule has 1 heterocycles. The fraction of sp³-hybridized carbons (Fsp3) is 0.273. The molecule has 0 spiro atoms. The lowest BCUT2D eigenvalue weighted by molar-refractivity contribution is 0.946. The number of aromatic amines is 1. The number of H-pyrrole nitrogens is 1. The highest BCUT2D eigenvalue weighted by molar-refractivity contribution is 6.17. The van der Waals surface area contributed by atoms with Gasteiger partial charge in [-0.3, -0.25) is 4.79 Å². The van der Waals surface area contributed by atoms with Crippen molar-refractivity contribution in [2.45, 2.75) is 6.42 Å². The molecule has 0 saturated heterocycles. The van der Waals surface area contributed by atoms with Crippen LogP contribution in [0.15, 0.2) is 29.1 Å². The molecule has 0 fully saturated rings. The van der Waals surface area contributed by atoms with E-state index in [0.717, 1.165) is 18.4 Å². The number of hydrogen-bond donors (Lipinski definition) is 2. The lowest BCUT2D eigenvalue weighted by Gasteiger charge is -2.06. The van der Waals surface area contributed by atoms with Gasteiger partial charge < -0.3 is 5.32 Å². The number of nitrogens with zero attached hydrogens (tertiary/aromatic N) is 1. The van der Waals surface area contributed by atoms with Crippen LogP contribution in [0.3, 0.4) is 0 Å². The van der Waals surface area contributed by atoms with Crippen LogP contribution >= 0.6 is 11.6 Å². The van der Waals surface area contributed by atoms with Crippen LogP contribution in [0.25, 0.3) is 10.8 Å². The molecule has 2 N–H and O–H groups in total. The molecule has 0 radical (unpaired) electrons. The smallest absolute Gasteiger partial charge is 0.272 e. The summed E-state index contributed by atoms with van der Waals surface area (Å²) in [6.07, 6.45) is 0.858. The predicted molar refractivity (Wildman–Crippen MR) is 66.2 cm³/mol. The first-order chi connectivity index (χ1) is 7.83. The molecule has 2 rings (SSSR count). The second-order valence-electron chi connectivity index (χ2n) is 3.42. The number of nitrogens with one attached hydrogen (secondary N) is 2. The summed E-state index contributed by atoms with van der Waals surface area (Å²) >= 11 is 5.59. The second kappa shape index (κ2) is 4.99. The van der Waals surface area contributed by atoms with Crippen molar-refractivity contribution in [1.82, 2.24) is 10.2 Å². The molecule has 0 atom stereocenters. The first-order valence-electron chi connectivity index (χ1n) is 5.10. The SMILES string of the molecule is O=c1[nH]nc(NCCCCl)c2ccccc12. The van der Waals surface area contributed by atoms with Crippen molar-refractivity contribution in [3.63, 3.8) is 0 Å². The first kappa shape index (κ1) is 11.0. The van der Waals surface area contributed by atoms with Crippen LogP contribution in [-0.4, -0.2) is 22.6 Å². The number of hydrogen-bond acceptors (Lipinski definition) is 3. The Morgan fingerprint density at radius 1 is 1.31 bits per heavy atom. The minimum absolute atomic E-state index is 0.168. The highest BCUT2D eigenvalue weighted by Crippen LogP contribution is 2.16. The normalized spacial score (nSPS) is 10.6. The fourth-order valence-electron chi connectivity index (χ4n) is 1.52. The lowest BCUT2D eigenvalue weighted by Crippen LogP contribution is -2.12. The molecule has 0 saturated carbocycles. The van der Waals surface area contributed by atoms with Crippen LogP contribution < -0.4 is 10.9 Å². The highest BCUT2D eigenvalue weighted by Gasteiger charge is 2.04. The van der Waals surface area contributed by atoms with Crippen molar-refractivity contribution in [2.75, 3.05) is 17.7 Å². The van der Waals surface area contributed by atoms with E-state index in [1.54, 1.807) is 6.07 Å². The van der Waals surface area contributed by atoms with Gasteiger partial charge in [0.05, 0.1) is 5.39 Å². The molecule has 0 bridgehead atoms. The van der Waals surface area contributed by atoms with Gasteiger partial charge in [-0.1, -0.05) is 18.2 Å². The van der Waals surface area contributed by atoms with Crippen molar-refractivity contribution >= 4 is 28.2 Å². The Kier molecular flexibility index (Phi) is 3.41. The number of benzene rings is 1. The third-order valence-electron chi connectivity index (χ3n) is 2.30. The molecule has 0 amide bonds. The van der Waals surface area contributed by atoms with E-state index in [1.165, 1.54) is 0 Å². The summed E-state index contributed by atoms with van der Waals surface area (Å²) in [6.45, 7) is 0.743. The first-order valence-corrected chi connectivity index (χ1v) is 5.63. The van der Waals surface area contributed by atoms with Crippen molar-refractivity contribution in [3.05, 3.63) is 34.6 Å². The molecule has 4 nitrogen and oxygen atoms in total. The quantitative estimate of drug-likeness (QED) is 0.631. The molecule has 0 aliphatic carbocycles. The molecule has 84 valence electrons. The van der Waals surface area contributed by atoms with Crippen LogP contribution in [0.2, 0.25) is 0 Å². The summed E-state index contributed by atoms with van der Waals surface area (Å²) in [5.41, 5.74) is -0.168. The van der Waals surface area contributed by atoms with Gasteiger partial charge in [-0.05, 0) is 12.5 Å². The second-order valence-corrected chi connectivity index (χ2v) is 3.79. The number of rotatable bonds is 4. The van der Waals surface area contributed by atoms with Crippen LogP contribution in [-0.2, 0) is 0 Å². The van der Waals surface area contributed by atoms with Gasteiger partial charge in [-0.2, -0.15) is 5.10 Å². The van der Waals surface area contributed by atoms with Crippen molar-refractivity contribution in [3.8, 4) is 0 Å². The van der Waals surface area contributed by atoms with Crippen molar-refractivity contribution in [2.24, 2.45) is 0 Å². The molecule has 1 aromatic heterocycles. The third-order valence-corrected chi connectivity index (χ3v) is 2.57. The van der Waals surface area contributed by atoms with Crippen LogP contribution in [0.1, 0.15) is 6.42 Å². The molecule has 1 aromatic carbocycles. The van der Waals surface area contributed by atoms with Gasteiger partial charge in [-0.25, -0.2) is 5.10 Å². The van der Waals surface area contributed by atoms with E-state index in [1.807, 2.05) is 18.2 Å². The lowest BCUT2D eigenvalue weighted by atomic mass is 10.2. The Hall–Kier alpha value is -1.55. The Labute approximate surface area is 97.6 Å². The van der Waals surface area contributed by atoms with Crippen molar-refractivity contribution < 1.29 is 0 Å². The van der Waals surface area contributed by atoms with Crippen LogP contribution in [0, 0.1) is 0 Å². The summed E-state index contributed by atoms with van der Waals surface area (Å²) in [4.78, 5) is 11.5. The fourth-order valence-corrected chi connectivity index (χ4v) is 1.66. The van der Waals surface area contributed by atoms with E-state index in [4.69, 9.17) is 11.6 Å². The van der Waals surface area contributed by atoms with Gasteiger partial charge in [0.25, 0.3) is 5.56 Å². The van der Waals surface area contributed by atoms with E-state index < -0.39 is 0 Å². The van der Waals surface area contributed by atoms with Crippen LogP contribution in [0.5, 0.6) is 0 Å². The maximum atomic E-state index is 11.5. The van der Waals surface area contributed by atoms with Gasteiger partial charge in [0, 0.05) is 17.8 Å². The molecule has 16 heavy (non-hydrogen) atoms. The zero-order valence-electron chi connectivity index (χ0n) is 8.66. The van der Waals surface area contributed by atoms with Gasteiger partial charge in [-0.15, -0.1) is 11.6 Å². The zero-order valence-corrected chi connectivity index (χ0v) is 9.42. The molecule has 0 unspecified atom stereocenters. The Bertz CT molecular complexity index is 538. The maximum Gasteiger partial charge on any atom is 0.272 e. The average molecular weight is 238 g/mol. The van der Waals surface area contributed by atoms with Gasteiger partial charge >= 0.3 is 0 Å². The van der Waals surface area contributed by atoms with E-state index in [2.05, 4.69) is 15.5 Å². The summed E-state index contributed by atoms with van der Waals surface area (Å²) < 4.78 is 0. The van der Waals surface area contributed by atoms with Gasteiger partial charge in [0.15, 0.2) is 5.82 Å². The largest absolute Gasteiger partial charge is 0.368 e. The van der Waals surface area contributed by atoms with Crippen LogP contribution in [0.4, 0.5) is 5.82 Å². The summed E-state index contributed by atoms with van der Waals surface area (Å²) in [6, 6.07) is 7.37. The van der Waals surface area contributed by atoms with Gasteiger partial charge in [0.2, 0.25) is 0 Å². The predicted octanol–water partition coefficient (Wildman–Crippen LogP) is 1.96. The number of anilines is 1. The number of fused-ring (bicyclic) bond motifs is 1. The monoisotopic (exact) mass is 237 g/mol. The summed E-state index contributed by atoms with van der Waals surface area (Å²) in [5.74, 6) is 1.30. The molecule has 5 heteroatoms. The van der Waals surface area contributed by atoms with E-state index >= 15 is 0 Å².